The molecule has 2 unspecified atom stereocenters. The number of halogens is 3. The summed E-state index contributed by atoms with van der Waals surface area (Å²) in [7, 11) is -1.10. The molecular weight excluding hydrogens is 1040 g/mol. The van der Waals surface area contributed by atoms with Crippen molar-refractivity contribution < 1.29 is 27.3 Å². The van der Waals surface area contributed by atoms with E-state index < -0.39 is 27.6 Å². The Labute approximate surface area is 436 Å². The Morgan fingerprint density at radius 1 is 0.932 bits per heavy atom. The first-order valence-electron chi connectivity index (χ1n) is 25.3. The zero-order chi connectivity index (χ0) is 51.9. The molecule has 18 nitrogen and oxygen atoms in total. The Bertz CT molecular complexity index is 3270. The van der Waals surface area contributed by atoms with Gasteiger partial charge in [0.05, 0.1) is 45.2 Å². The summed E-state index contributed by atoms with van der Waals surface area (Å²) in [4.78, 5) is 64.2. The van der Waals surface area contributed by atoms with E-state index in [9.17, 15) is 27.4 Å². The van der Waals surface area contributed by atoms with Crippen LogP contribution in [0.4, 0.5) is 43.3 Å². The number of fused-ring (bicyclic) bond motifs is 2. The van der Waals surface area contributed by atoms with Crippen molar-refractivity contribution in [3.05, 3.63) is 87.1 Å². The van der Waals surface area contributed by atoms with Gasteiger partial charge in [-0.3, -0.25) is 38.9 Å². The van der Waals surface area contributed by atoms with Gasteiger partial charge in [0.1, 0.15) is 23.1 Å². The molecule has 0 bridgehead atoms. The van der Waals surface area contributed by atoms with E-state index in [4.69, 9.17) is 9.72 Å². The molecule has 4 N–H and O–H groups in total. The quantitative estimate of drug-likeness (QED) is 0.0580. The number of carbonyl (C=O) groups excluding carboxylic acids is 2. The van der Waals surface area contributed by atoms with E-state index in [2.05, 4.69) is 78.2 Å². The molecule has 3 aromatic heterocycles. The van der Waals surface area contributed by atoms with E-state index in [-0.39, 0.29) is 42.7 Å². The molecule has 392 valence electrons. The highest BCUT2D eigenvalue weighted by Gasteiger charge is 2.38. The average molecular weight is 1100 g/mol. The number of para-hydroxylation sites is 1. The van der Waals surface area contributed by atoms with Gasteiger partial charge in [0, 0.05) is 124 Å². The second-order valence-corrected chi connectivity index (χ2v) is 23.0. The van der Waals surface area contributed by atoms with Crippen molar-refractivity contribution in [3.63, 3.8) is 0 Å². The van der Waals surface area contributed by atoms with Crippen LogP contribution in [-0.4, -0.2) is 132 Å². The highest BCUT2D eigenvalue weighted by Crippen LogP contribution is 2.47. The number of hydrogen-bond acceptors (Lipinski definition) is 14. The minimum atomic E-state index is -2.71. The summed E-state index contributed by atoms with van der Waals surface area (Å²) in [5.41, 5.74) is 7.13. The lowest BCUT2D eigenvalue weighted by atomic mass is 9.81. The maximum Gasteiger partial charge on any atom is 0.329 e. The van der Waals surface area contributed by atoms with Crippen molar-refractivity contribution >= 4 is 99.9 Å². The number of alkyl halides is 2. The molecule has 6 aromatic rings. The number of nitrogens with zero attached hydrogens (tertiary/aromatic N) is 9. The minimum absolute atomic E-state index is 0.0829. The van der Waals surface area contributed by atoms with E-state index in [0.717, 1.165) is 92.9 Å². The molecule has 0 spiro atoms. The number of benzene rings is 3. The topological polar surface area (TPSA) is 197 Å². The molecule has 0 radical (unpaired) electrons. The molecule has 3 saturated heterocycles. The number of carbonyl (C=O) groups is 2. The van der Waals surface area contributed by atoms with E-state index in [1.807, 2.05) is 31.2 Å². The van der Waals surface area contributed by atoms with Crippen LogP contribution in [0.15, 0.2) is 70.3 Å². The van der Waals surface area contributed by atoms with Crippen LogP contribution < -0.4 is 36.0 Å². The number of piperazine rings is 1. The molecule has 6 heterocycles. The summed E-state index contributed by atoms with van der Waals surface area (Å²) >= 11 is 3.58. The summed E-state index contributed by atoms with van der Waals surface area (Å²) in [5, 5.41) is 9.11. The normalized spacial score (nSPS) is 20.1. The first-order valence-corrected chi connectivity index (χ1v) is 28.3. The third-order valence-corrected chi connectivity index (χ3v) is 16.3. The Kier molecular flexibility index (Phi) is 14.7. The molecule has 2 amide bonds. The van der Waals surface area contributed by atoms with Crippen LogP contribution in [0.1, 0.15) is 81.4 Å². The van der Waals surface area contributed by atoms with Gasteiger partial charge in [0.2, 0.25) is 23.7 Å². The smallest absolute Gasteiger partial charge is 0.329 e. The van der Waals surface area contributed by atoms with Gasteiger partial charge in [0.25, 0.3) is 0 Å². The number of ether oxygens (including phenoxy) is 1. The van der Waals surface area contributed by atoms with E-state index in [1.165, 1.54) is 6.26 Å². The van der Waals surface area contributed by atoms with Crippen LogP contribution in [0.3, 0.4) is 0 Å². The molecule has 3 aliphatic heterocycles. The van der Waals surface area contributed by atoms with E-state index >= 15 is 0 Å². The number of imidazole rings is 1. The standard InChI is InChI=1S/C52H62BrF2N13O5S/c1-5-67-47-33(7-6-8-40(47)68(51(67)71)41-11-12-44(69)61-49(41)70)15-22-64-25-27-65(28-26-64)34-16-23-66(24-17-34)42-30-43(73-2)39(29-35(42)32-13-18-52(54,55)19-14-32)60-50-58-31-36(53)48(62-50)59-38-10-9-37-45(57-21-20-56-37)46(38)63-74(3,4)72/h6-10,20-21,29-32,34,41H,3,5,11-19,22-28H2,1-2,4H3,(H,63,72)(H,61,69,70)(H2,58,59,60,62). The summed E-state index contributed by atoms with van der Waals surface area (Å²) in [6.07, 6.45) is 9.82. The number of rotatable bonds is 15. The number of amides is 2. The van der Waals surface area contributed by atoms with Crippen molar-refractivity contribution in [2.24, 2.45) is 0 Å². The molecule has 4 aliphatic rings. The van der Waals surface area contributed by atoms with Crippen LogP contribution in [0.25, 0.3) is 22.1 Å². The Morgan fingerprint density at radius 2 is 1.69 bits per heavy atom. The van der Waals surface area contributed by atoms with Crippen LogP contribution in [0, 0.1) is 0 Å². The Morgan fingerprint density at radius 3 is 2.41 bits per heavy atom. The number of aryl methyl sites for hydroxylation is 1. The van der Waals surface area contributed by atoms with Gasteiger partial charge < -0.3 is 29.9 Å². The van der Waals surface area contributed by atoms with Gasteiger partial charge in [-0.05, 0) is 109 Å². The summed E-state index contributed by atoms with van der Waals surface area (Å²) < 4.78 is 55.1. The van der Waals surface area contributed by atoms with Gasteiger partial charge in [-0.15, -0.1) is 0 Å². The third-order valence-electron chi connectivity index (χ3n) is 15.0. The monoisotopic (exact) mass is 1100 g/mol. The van der Waals surface area contributed by atoms with Gasteiger partial charge in [-0.25, -0.2) is 22.8 Å². The second kappa shape index (κ2) is 21.2. The number of hydrogen-bond donors (Lipinski definition) is 4. The third kappa shape index (κ3) is 10.8. The summed E-state index contributed by atoms with van der Waals surface area (Å²) in [5.74, 6) is 1.51. The van der Waals surface area contributed by atoms with E-state index in [1.54, 1.807) is 47.0 Å². The lowest BCUT2D eigenvalue weighted by molar-refractivity contribution is -0.135. The minimum Gasteiger partial charge on any atom is -0.494 e. The van der Waals surface area contributed by atoms with Gasteiger partial charge in [-0.1, -0.05) is 12.1 Å². The zero-order valence-electron chi connectivity index (χ0n) is 41.8. The maximum atomic E-state index is 14.7. The fraction of sp³-hybridized carbons (Fsp3) is 0.462. The Balaban J connectivity index is 0.816. The van der Waals surface area contributed by atoms with Crippen molar-refractivity contribution in [3.8, 4) is 5.75 Å². The predicted molar refractivity (Wildman–Crippen MR) is 290 cm³/mol. The second-order valence-electron chi connectivity index (χ2n) is 19.9. The Hall–Kier alpha value is -6.23. The van der Waals surface area contributed by atoms with Crippen LogP contribution >= 0.6 is 15.9 Å². The highest BCUT2D eigenvalue weighted by atomic mass is 79.9. The number of imide groups is 1. The molecule has 10 rings (SSSR count). The van der Waals surface area contributed by atoms with Crippen LogP contribution in [0.2, 0.25) is 0 Å². The van der Waals surface area contributed by atoms with Crippen molar-refractivity contribution in [1.29, 1.82) is 0 Å². The molecule has 3 aromatic carbocycles. The number of aromatic nitrogens is 6. The molecule has 1 aliphatic carbocycles. The number of piperidine rings is 2. The lowest BCUT2D eigenvalue weighted by Crippen LogP contribution is -2.53. The number of methoxy groups -OCH3 is 1. The summed E-state index contributed by atoms with van der Waals surface area (Å²) in [6, 6.07) is 13.3. The summed E-state index contributed by atoms with van der Waals surface area (Å²) in [6.45, 7) is 8.59. The molecule has 1 saturated carbocycles. The fourth-order valence-electron chi connectivity index (χ4n) is 11.3. The molecular formula is C52H62BrF2N13O5S. The lowest BCUT2D eigenvalue weighted by Gasteiger charge is -2.44. The first-order chi connectivity index (χ1) is 35.6. The van der Waals surface area contributed by atoms with Gasteiger partial charge >= 0.3 is 5.69 Å². The van der Waals surface area contributed by atoms with Crippen molar-refractivity contribution in [2.45, 2.75) is 95.2 Å². The number of anilines is 6. The largest absolute Gasteiger partial charge is 0.494 e. The number of nitrogens with one attached hydrogen (secondary N) is 4. The zero-order valence-corrected chi connectivity index (χ0v) is 44.2. The average Bonchev–Trinajstić information content (AvgIpc) is 3.67. The van der Waals surface area contributed by atoms with Gasteiger partial charge in [0.15, 0.2) is 0 Å². The molecule has 4 fully saturated rings. The SMILES string of the molecule is C=S(C)(=O)Nc1c(Nc2nc(Nc3cc(C4CCC(F)(F)CC4)c(N4CCC(N5CCN(CCc6cccc7c6n(CC)c(=O)n7C6CCC(=O)NC6=O)CC5)CC4)cc3OC)ncc2Br)ccc2nccnc12. The van der Waals surface area contributed by atoms with E-state index in [0.29, 0.717) is 76.0 Å². The maximum absolute atomic E-state index is 14.7. The van der Waals surface area contributed by atoms with Crippen molar-refractivity contribution in [2.75, 3.05) is 79.4 Å². The van der Waals surface area contributed by atoms with Crippen molar-refractivity contribution in [1.82, 2.24) is 44.2 Å². The first kappa shape index (κ1) is 51.3. The molecule has 74 heavy (non-hydrogen) atoms. The molecule has 22 heteroatoms. The fourth-order valence-corrected chi connectivity index (χ4v) is 12.2. The predicted octanol–water partition coefficient (Wildman–Crippen LogP) is 7.59. The van der Waals surface area contributed by atoms with Crippen LogP contribution in [-0.2, 0) is 32.3 Å². The van der Waals surface area contributed by atoms with Gasteiger partial charge in [-0.2, -0.15) is 4.98 Å². The van der Waals surface area contributed by atoms with Crippen LogP contribution in [0.5, 0.6) is 5.75 Å². The highest BCUT2D eigenvalue weighted by molar-refractivity contribution is 9.10. The molecule has 2 atom stereocenters.